The van der Waals surface area contributed by atoms with Crippen LogP contribution < -0.4 is 27.0 Å². The number of amides is 1. The van der Waals surface area contributed by atoms with Gasteiger partial charge in [-0.25, -0.2) is 5.48 Å². The van der Waals surface area contributed by atoms with Gasteiger partial charge in [-0.15, -0.1) is 0 Å². The van der Waals surface area contributed by atoms with Crippen molar-refractivity contribution in [3.05, 3.63) is 56.3 Å². The smallest absolute Gasteiger partial charge is 0.253 e. The Hall–Kier alpha value is -2.67. The van der Waals surface area contributed by atoms with Crippen molar-refractivity contribution >= 4 is 17.3 Å². The van der Waals surface area contributed by atoms with E-state index < -0.39 is 22.3 Å². The molecule has 0 radical (unpaired) electrons. The van der Waals surface area contributed by atoms with Gasteiger partial charge in [0.25, 0.3) is 10.9 Å². The van der Waals surface area contributed by atoms with Crippen LogP contribution in [0.2, 0.25) is 0 Å². The highest BCUT2D eigenvalue weighted by atomic mass is 16.5. The molecule has 0 aliphatic rings. The Kier molecular flexibility index (Phi) is 6.52. The van der Waals surface area contributed by atoms with E-state index in [-0.39, 0.29) is 6.42 Å². The summed E-state index contributed by atoms with van der Waals surface area (Å²) in [7, 11) is 0. The van der Waals surface area contributed by atoms with Crippen LogP contribution in [0, 0.1) is 0 Å². The summed E-state index contributed by atoms with van der Waals surface area (Å²) in [6.45, 7) is 4.44. The second kappa shape index (κ2) is 8.62. The Morgan fingerprint density at radius 2 is 1.65 bits per heavy atom. The minimum absolute atomic E-state index is 0.259. The summed E-state index contributed by atoms with van der Waals surface area (Å²) in [6, 6.07) is 9.71. The Morgan fingerprint density at radius 1 is 1.00 bits per heavy atom. The molecule has 0 bridgehead atoms. The first-order chi connectivity index (χ1) is 12.4. The van der Waals surface area contributed by atoms with Gasteiger partial charge in [-0.1, -0.05) is 36.8 Å². The second-order valence-electron chi connectivity index (χ2n) is 6.80. The molecule has 0 aliphatic carbocycles. The molecule has 2 aromatic carbocycles. The number of anilines is 2. The molecule has 0 heterocycles. The maximum absolute atomic E-state index is 11.9. The van der Waals surface area contributed by atoms with Crippen molar-refractivity contribution in [1.29, 1.82) is 0 Å². The molecule has 7 heteroatoms. The lowest BCUT2D eigenvalue weighted by Gasteiger charge is -2.29. The van der Waals surface area contributed by atoms with E-state index in [2.05, 4.69) is 10.6 Å². The van der Waals surface area contributed by atoms with E-state index in [0.29, 0.717) is 24.3 Å². The number of unbranched alkanes of at least 4 members (excludes halogenated alkanes) is 2. The van der Waals surface area contributed by atoms with Crippen LogP contribution in [0.25, 0.3) is 0 Å². The van der Waals surface area contributed by atoms with Gasteiger partial charge in [-0.2, -0.15) is 0 Å². The van der Waals surface area contributed by atoms with Crippen LogP contribution in [-0.2, 0) is 10.3 Å². The molecule has 1 amide bonds. The fourth-order valence-electron chi connectivity index (χ4n) is 2.78. The van der Waals surface area contributed by atoms with Crippen LogP contribution in [-0.4, -0.2) is 17.7 Å². The van der Waals surface area contributed by atoms with E-state index in [1.54, 1.807) is 5.48 Å². The standard InChI is InChI=1S/C19H25N3O4/c1-19(2,13-9-5-3-6-10-13)21-16-15(17(24)18(16)25)20-12-8-4-7-11-14(23)22-26/h3,5-6,9-10,20-21,26H,4,7-8,11-12H2,1-2H3,(H,22,23). The Labute approximate surface area is 152 Å². The minimum Gasteiger partial charge on any atom is -0.380 e. The van der Waals surface area contributed by atoms with Gasteiger partial charge in [0.2, 0.25) is 5.91 Å². The maximum atomic E-state index is 11.9. The summed E-state index contributed by atoms with van der Waals surface area (Å²) < 4.78 is 0. The van der Waals surface area contributed by atoms with Crippen LogP contribution in [0.4, 0.5) is 11.4 Å². The van der Waals surface area contributed by atoms with Crippen molar-refractivity contribution in [2.45, 2.75) is 45.1 Å². The molecule has 0 fully saturated rings. The van der Waals surface area contributed by atoms with Gasteiger partial charge >= 0.3 is 0 Å². The molecule has 0 atom stereocenters. The molecule has 26 heavy (non-hydrogen) atoms. The highest BCUT2D eigenvalue weighted by molar-refractivity contribution is 5.75. The van der Waals surface area contributed by atoms with Gasteiger partial charge in [0, 0.05) is 13.0 Å². The Balaban J connectivity index is 1.90. The van der Waals surface area contributed by atoms with Crippen molar-refractivity contribution in [3.8, 4) is 0 Å². The monoisotopic (exact) mass is 359 g/mol. The summed E-state index contributed by atoms with van der Waals surface area (Å²) in [5.74, 6) is -0.407. The zero-order valence-corrected chi connectivity index (χ0v) is 15.1. The number of carbonyl (C=O) groups is 1. The number of nitrogens with one attached hydrogen (secondary N) is 3. The Morgan fingerprint density at radius 3 is 2.31 bits per heavy atom. The van der Waals surface area contributed by atoms with Crippen molar-refractivity contribution < 1.29 is 10.0 Å². The third-order valence-electron chi connectivity index (χ3n) is 4.35. The fraction of sp³-hybridized carbons (Fsp3) is 0.421. The number of hydroxylamine groups is 1. The van der Waals surface area contributed by atoms with Crippen LogP contribution in [0.15, 0.2) is 39.9 Å². The lowest BCUT2D eigenvalue weighted by atomic mass is 9.93. The third kappa shape index (κ3) is 4.70. The van der Waals surface area contributed by atoms with E-state index in [1.165, 1.54) is 0 Å². The quantitative estimate of drug-likeness (QED) is 0.224. The molecule has 0 saturated heterocycles. The predicted octanol–water partition coefficient (Wildman–Crippen LogP) is 2.11. The highest BCUT2D eigenvalue weighted by Gasteiger charge is 2.27. The fourth-order valence-corrected chi connectivity index (χ4v) is 2.78. The first-order valence-corrected chi connectivity index (χ1v) is 8.70. The minimum atomic E-state index is -0.504. The molecular weight excluding hydrogens is 334 g/mol. The number of carbonyl (C=O) groups excluding carboxylic acids is 1. The zero-order valence-electron chi connectivity index (χ0n) is 15.1. The van der Waals surface area contributed by atoms with Crippen molar-refractivity contribution in [1.82, 2.24) is 5.48 Å². The topological polar surface area (TPSA) is 108 Å². The number of rotatable bonds is 10. The van der Waals surface area contributed by atoms with E-state index in [1.807, 2.05) is 44.2 Å². The molecule has 4 N–H and O–H groups in total. The molecule has 0 unspecified atom stereocenters. The van der Waals surface area contributed by atoms with Crippen LogP contribution in [0.5, 0.6) is 0 Å². The summed E-state index contributed by atoms with van der Waals surface area (Å²) >= 11 is 0. The van der Waals surface area contributed by atoms with Crippen LogP contribution in [0.3, 0.4) is 0 Å². The SMILES string of the molecule is CC(C)(Nc1c(NCCCCCC(=O)NO)c(=O)c1=O)c1ccccc1. The zero-order chi connectivity index (χ0) is 19.2. The summed E-state index contributed by atoms with van der Waals surface area (Å²) in [4.78, 5) is 34.7. The molecule has 2 rings (SSSR count). The molecular formula is C19H25N3O4. The first kappa shape index (κ1) is 19.7. The summed E-state index contributed by atoms with van der Waals surface area (Å²) in [5.41, 5.74) is 1.76. The van der Waals surface area contributed by atoms with Crippen LogP contribution in [0.1, 0.15) is 45.1 Å². The van der Waals surface area contributed by atoms with E-state index in [9.17, 15) is 14.4 Å². The van der Waals surface area contributed by atoms with Gasteiger partial charge in [0.1, 0.15) is 11.4 Å². The van der Waals surface area contributed by atoms with E-state index in [0.717, 1.165) is 18.4 Å². The summed E-state index contributed by atoms with van der Waals surface area (Å²) in [5, 5.41) is 14.6. The lowest BCUT2D eigenvalue weighted by Crippen LogP contribution is -2.42. The summed E-state index contributed by atoms with van der Waals surface area (Å²) in [6.07, 6.45) is 2.42. The highest BCUT2D eigenvalue weighted by Crippen LogP contribution is 2.27. The van der Waals surface area contributed by atoms with E-state index in [4.69, 9.17) is 5.21 Å². The van der Waals surface area contributed by atoms with Crippen LogP contribution >= 0.6 is 0 Å². The number of hydrogen-bond donors (Lipinski definition) is 4. The largest absolute Gasteiger partial charge is 0.380 e. The molecule has 0 aliphatic heterocycles. The molecule has 2 aromatic rings. The van der Waals surface area contributed by atoms with Gasteiger partial charge in [-0.05, 0) is 32.3 Å². The van der Waals surface area contributed by atoms with Gasteiger partial charge in [0.05, 0.1) is 5.54 Å². The molecule has 140 valence electrons. The van der Waals surface area contributed by atoms with Gasteiger partial charge in [-0.3, -0.25) is 19.6 Å². The lowest BCUT2D eigenvalue weighted by molar-refractivity contribution is -0.129. The van der Waals surface area contributed by atoms with Crippen molar-refractivity contribution in [2.24, 2.45) is 0 Å². The first-order valence-electron chi connectivity index (χ1n) is 8.70. The predicted molar refractivity (Wildman–Crippen MR) is 101 cm³/mol. The maximum Gasteiger partial charge on any atom is 0.253 e. The third-order valence-corrected chi connectivity index (χ3v) is 4.35. The molecule has 0 saturated carbocycles. The van der Waals surface area contributed by atoms with E-state index >= 15 is 0 Å². The normalized spacial score (nSPS) is 11.3. The second-order valence-corrected chi connectivity index (χ2v) is 6.80. The number of hydrogen-bond acceptors (Lipinski definition) is 6. The number of benzene rings is 1. The molecule has 0 spiro atoms. The van der Waals surface area contributed by atoms with Gasteiger partial charge in [0.15, 0.2) is 0 Å². The average Bonchev–Trinajstić information content (AvgIpc) is 2.66. The Bertz CT molecular complexity index is 808. The molecule has 7 nitrogen and oxygen atoms in total. The average molecular weight is 359 g/mol. The van der Waals surface area contributed by atoms with Crippen molar-refractivity contribution in [2.75, 3.05) is 17.2 Å². The van der Waals surface area contributed by atoms with Crippen molar-refractivity contribution in [3.63, 3.8) is 0 Å². The molecule has 0 aromatic heterocycles. The van der Waals surface area contributed by atoms with Gasteiger partial charge < -0.3 is 10.6 Å².